The lowest BCUT2D eigenvalue weighted by Crippen LogP contribution is -2.11. The van der Waals surface area contributed by atoms with Gasteiger partial charge in [0.25, 0.3) is 0 Å². The molecule has 2 N–H and O–H groups in total. The van der Waals surface area contributed by atoms with Crippen molar-refractivity contribution in [2.75, 3.05) is 12.0 Å². The molecule has 0 aliphatic carbocycles. The molecule has 0 unspecified atom stereocenters. The Balaban J connectivity index is 1.95. The molecule has 5 heteroatoms. The van der Waals surface area contributed by atoms with E-state index >= 15 is 0 Å². The Kier molecular flexibility index (Phi) is 4.22. The van der Waals surface area contributed by atoms with Gasteiger partial charge >= 0.3 is 0 Å². The molecule has 108 valence electrons. The predicted molar refractivity (Wildman–Crippen MR) is 87.2 cm³/mol. The average molecular weight is 299 g/mol. The van der Waals surface area contributed by atoms with Gasteiger partial charge in [-0.25, -0.2) is 0 Å². The molecule has 1 aromatic heterocycles. The molecule has 0 aliphatic heterocycles. The second-order valence-electron chi connectivity index (χ2n) is 4.87. The Bertz CT molecular complexity index is 736. The predicted octanol–water partition coefficient (Wildman–Crippen LogP) is 3.64. The van der Waals surface area contributed by atoms with Gasteiger partial charge in [-0.05, 0) is 29.2 Å². The number of benzene rings is 2. The summed E-state index contributed by atoms with van der Waals surface area (Å²) in [6.07, 6.45) is 2.89. The maximum Gasteiger partial charge on any atom is 0.243 e. The number of rotatable bonds is 5. The largest absolute Gasteiger partial charge is 0.337 e. The monoisotopic (exact) mass is 299 g/mol. The van der Waals surface area contributed by atoms with E-state index in [2.05, 4.69) is 34.6 Å². The van der Waals surface area contributed by atoms with E-state index in [-0.39, 0.29) is 6.04 Å². The fourth-order valence-corrected chi connectivity index (χ4v) is 2.77. The van der Waals surface area contributed by atoms with Gasteiger partial charge in [0.1, 0.15) is 0 Å². The van der Waals surface area contributed by atoms with E-state index < -0.39 is 0 Å². The van der Waals surface area contributed by atoms with Crippen LogP contribution in [0.25, 0.3) is 22.2 Å². The van der Waals surface area contributed by atoms with E-state index in [1.54, 1.807) is 11.8 Å². The van der Waals surface area contributed by atoms with E-state index in [9.17, 15) is 0 Å². The highest BCUT2D eigenvalue weighted by atomic mass is 32.2. The zero-order valence-electron chi connectivity index (χ0n) is 11.8. The third-order valence-electron chi connectivity index (χ3n) is 3.42. The Morgan fingerprint density at radius 2 is 2.00 bits per heavy atom. The molecular formula is C16H17N3OS. The second-order valence-corrected chi connectivity index (χ2v) is 5.86. The van der Waals surface area contributed by atoms with Crippen molar-refractivity contribution in [1.82, 2.24) is 10.1 Å². The smallest absolute Gasteiger partial charge is 0.243 e. The maximum absolute atomic E-state index is 6.08. The van der Waals surface area contributed by atoms with Crippen LogP contribution in [0.2, 0.25) is 0 Å². The third-order valence-corrected chi connectivity index (χ3v) is 4.07. The first-order valence-electron chi connectivity index (χ1n) is 6.86. The van der Waals surface area contributed by atoms with Gasteiger partial charge in [-0.15, -0.1) is 0 Å². The van der Waals surface area contributed by atoms with E-state index in [4.69, 9.17) is 10.3 Å². The summed E-state index contributed by atoms with van der Waals surface area (Å²) in [7, 11) is 0. The summed E-state index contributed by atoms with van der Waals surface area (Å²) in [5.41, 5.74) is 7.05. The van der Waals surface area contributed by atoms with Gasteiger partial charge in [0, 0.05) is 5.56 Å². The topological polar surface area (TPSA) is 64.9 Å². The van der Waals surface area contributed by atoms with Crippen LogP contribution >= 0.6 is 11.8 Å². The summed E-state index contributed by atoms with van der Waals surface area (Å²) in [5.74, 6) is 2.08. The first-order valence-corrected chi connectivity index (χ1v) is 8.25. The van der Waals surface area contributed by atoms with Crippen molar-refractivity contribution in [3.63, 3.8) is 0 Å². The van der Waals surface area contributed by atoms with Crippen LogP contribution in [0.4, 0.5) is 0 Å². The van der Waals surface area contributed by atoms with Gasteiger partial charge in [-0.2, -0.15) is 16.7 Å². The molecule has 0 spiro atoms. The average Bonchev–Trinajstić information content (AvgIpc) is 3.02. The molecule has 3 aromatic rings. The summed E-state index contributed by atoms with van der Waals surface area (Å²) in [6, 6.07) is 14.0. The summed E-state index contributed by atoms with van der Waals surface area (Å²) in [4.78, 5) is 4.47. The SMILES string of the molecule is CSCC[C@@H](N)c1nc(-c2cccc3ccccc23)no1. The molecule has 3 rings (SSSR count). The van der Waals surface area contributed by atoms with Gasteiger partial charge in [-0.1, -0.05) is 47.6 Å². The number of nitrogens with zero attached hydrogens (tertiary/aromatic N) is 2. The Morgan fingerprint density at radius 3 is 2.86 bits per heavy atom. The standard InChI is InChI=1S/C16H17N3OS/c1-21-10-9-14(17)16-18-15(19-20-16)13-8-4-6-11-5-2-3-7-12(11)13/h2-8,14H,9-10,17H2,1H3/t14-/m1/s1. The molecular weight excluding hydrogens is 282 g/mol. The molecule has 0 saturated carbocycles. The van der Waals surface area contributed by atoms with Crippen molar-refractivity contribution in [2.24, 2.45) is 5.73 Å². The van der Waals surface area contributed by atoms with Gasteiger partial charge in [0.15, 0.2) is 0 Å². The van der Waals surface area contributed by atoms with Gasteiger partial charge in [-0.3, -0.25) is 0 Å². The van der Waals surface area contributed by atoms with Crippen molar-refractivity contribution in [1.29, 1.82) is 0 Å². The Morgan fingerprint density at radius 1 is 1.19 bits per heavy atom. The summed E-state index contributed by atoms with van der Waals surface area (Å²) in [6.45, 7) is 0. The summed E-state index contributed by atoms with van der Waals surface area (Å²) < 4.78 is 5.33. The minimum absolute atomic E-state index is 0.200. The molecule has 2 aromatic carbocycles. The van der Waals surface area contributed by atoms with Crippen LogP contribution in [0.3, 0.4) is 0 Å². The van der Waals surface area contributed by atoms with E-state index in [0.717, 1.165) is 28.5 Å². The maximum atomic E-state index is 6.08. The zero-order valence-corrected chi connectivity index (χ0v) is 12.6. The van der Waals surface area contributed by atoms with E-state index in [1.807, 2.05) is 24.3 Å². The lowest BCUT2D eigenvalue weighted by Gasteiger charge is -2.04. The summed E-state index contributed by atoms with van der Waals surface area (Å²) in [5, 5.41) is 6.37. The minimum atomic E-state index is -0.200. The van der Waals surface area contributed by atoms with Crippen molar-refractivity contribution in [3.05, 3.63) is 48.4 Å². The first kappa shape index (κ1) is 14.1. The number of nitrogens with two attached hydrogens (primary N) is 1. The molecule has 1 atom stereocenters. The highest BCUT2D eigenvalue weighted by molar-refractivity contribution is 7.98. The van der Waals surface area contributed by atoms with Crippen LogP contribution < -0.4 is 5.73 Å². The van der Waals surface area contributed by atoms with Crippen LogP contribution in [0.5, 0.6) is 0 Å². The fourth-order valence-electron chi connectivity index (χ4n) is 2.28. The molecule has 0 fully saturated rings. The van der Waals surface area contributed by atoms with Crippen LogP contribution in [-0.2, 0) is 0 Å². The van der Waals surface area contributed by atoms with Gasteiger partial charge in [0.05, 0.1) is 6.04 Å². The fraction of sp³-hybridized carbons (Fsp3) is 0.250. The molecule has 4 nitrogen and oxygen atoms in total. The molecule has 0 bridgehead atoms. The first-order chi connectivity index (χ1) is 10.3. The van der Waals surface area contributed by atoms with Crippen LogP contribution in [0.15, 0.2) is 47.0 Å². The Labute approximate surface area is 127 Å². The van der Waals surface area contributed by atoms with Crippen LogP contribution in [-0.4, -0.2) is 22.1 Å². The Hall–Kier alpha value is -1.85. The molecule has 1 heterocycles. The molecule has 0 saturated heterocycles. The normalized spacial score (nSPS) is 12.7. The van der Waals surface area contributed by atoms with Gasteiger partial charge < -0.3 is 10.3 Å². The third kappa shape index (κ3) is 2.94. The van der Waals surface area contributed by atoms with Crippen molar-refractivity contribution in [3.8, 4) is 11.4 Å². The lowest BCUT2D eigenvalue weighted by atomic mass is 10.0. The molecule has 0 aliphatic rings. The minimum Gasteiger partial charge on any atom is -0.337 e. The van der Waals surface area contributed by atoms with E-state index in [0.29, 0.717) is 11.7 Å². The highest BCUT2D eigenvalue weighted by Gasteiger charge is 2.16. The van der Waals surface area contributed by atoms with Crippen LogP contribution in [0, 0.1) is 0 Å². The summed E-state index contributed by atoms with van der Waals surface area (Å²) >= 11 is 1.76. The van der Waals surface area contributed by atoms with Crippen molar-refractivity contribution >= 4 is 22.5 Å². The number of hydrogen-bond acceptors (Lipinski definition) is 5. The van der Waals surface area contributed by atoms with Crippen molar-refractivity contribution < 1.29 is 4.52 Å². The molecule has 0 amide bonds. The number of fused-ring (bicyclic) bond motifs is 1. The second kappa shape index (κ2) is 6.28. The van der Waals surface area contributed by atoms with Crippen LogP contribution in [0.1, 0.15) is 18.4 Å². The lowest BCUT2D eigenvalue weighted by molar-refractivity contribution is 0.353. The zero-order chi connectivity index (χ0) is 14.7. The van der Waals surface area contributed by atoms with Crippen molar-refractivity contribution in [2.45, 2.75) is 12.5 Å². The molecule has 0 radical (unpaired) electrons. The number of hydrogen-bond donors (Lipinski definition) is 1. The van der Waals surface area contributed by atoms with E-state index in [1.165, 1.54) is 0 Å². The highest BCUT2D eigenvalue weighted by Crippen LogP contribution is 2.27. The number of thioether (sulfide) groups is 1. The quantitative estimate of drug-likeness (QED) is 0.779. The number of aromatic nitrogens is 2. The van der Waals surface area contributed by atoms with Gasteiger partial charge in [0.2, 0.25) is 11.7 Å². The molecule has 21 heavy (non-hydrogen) atoms.